The zero-order valence-corrected chi connectivity index (χ0v) is 16.8. The number of para-hydroxylation sites is 2. The Balaban J connectivity index is 1.32. The molecule has 156 valence electrons. The van der Waals surface area contributed by atoms with E-state index in [9.17, 15) is 9.59 Å². The summed E-state index contributed by atoms with van der Waals surface area (Å²) in [5, 5.41) is 8.35. The number of carbonyl (C=O) groups excluding carboxylic acids is 1. The SMILES string of the molecule is O=C(NCc1cc(=O)[nH]c2ccccc12)[C@H]1CCO[C@@H]1c1cnn(-c2ccccc2)c1. The van der Waals surface area contributed by atoms with E-state index in [4.69, 9.17) is 4.74 Å². The molecule has 0 aliphatic carbocycles. The van der Waals surface area contributed by atoms with Crippen molar-refractivity contribution in [2.75, 3.05) is 6.61 Å². The standard InChI is InChI=1S/C24H22N4O3/c29-22-12-16(19-8-4-5-9-21(19)27-22)13-25-24(30)20-10-11-31-23(20)17-14-26-28(15-17)18-6-2-1-3-7-18/h1-9,12,14-15,20,23H,10-11,13H2,(H,25,30)(H,27,29)/t20-,23+/m0/s1. The van der Waals surface area contributed by atoms with E-state index in [2.05, 4.69) is 15.4 Å². The van der Waals surface area contributed by atoms with Gasteiger partial charge in [-0.25, -0.2) is 4.68 Å². The molecule has 2 atom stereocenters. The zero-order valence-electron chi connectivity index (χ0n) is 16.8. The van der Waals surface area contributed by atoms with Crippen LogP contribution in [-0.4, -0.2) is 27.3 Å². The second kappa shape index (κ2) is 8.20. The van der Waals surface area contributed by atoms with Crippen molar-refractivity contribution in [3.8, 4) is 5.69 Å². The molecule has 2 aromatic carbocycles. The highest BCUT2D eigenvalue weighted by Crippen LogP contribution is 2.35. The molecule has 4 aromatic rings. The number of nitrogens with one attached hydrogen (secondary N) is 2. The molecule has 1 aliphatic heterocycles. The van der Waals surface area contributed by atoms with Gasteiger partial charge in [-0.2, -0.15) is 5.10 Å². The maximum Gasteiger partial charge on any atom is 0.248 e. The maximum atomic E-state index is 13.0. The van der Waals surface area contributed by atoms with E-state index in [1.54, 1.807) is 10.9 Å². The molecule has 1 aliphatic rings. The number of hydrogen-bond donors (Lipinski definition) is 2. The minimum atomic E-state index is -0.339. The summed E-state index contributed by atoms with van der Waals surface area (Å²) in [6, 6.07) is 18.9. The molecular weight excluding hydrogens is 392 g/mol. The third kappa shape index (κ3) is 3.87. The molecule has 1 amide bonds. The van der Waals surface area contributed by atoms with Crippen LogP contribution in [0.5, 0.6) is 0 Å². The van der Waals surface area contributed by atoms with Gasteiger partial charge in [0.25, 0.3) is 0 Å². The summed E-state index contributed by atoms with van der Waals surface area (Å²) in [6.45, 7) is 0.809. The van der Waals surface area contributed by atoms with Crippen molar-refractivity contribution in [3.63, 3.8) is 0 Å². The number of fused-ring (bicyclic) bond motifs is 1. The summed E-state index contributed by atoms with van der Waals surface area (Å²) < 4.78 is 7.68. The minimum absolute atomic E-state index is 0.0840. The van der Waals surface area contributed by atoms with Crippen LogP contribution in [0.4, 0.5) is 0 Å². The summed E-state index contributed by atoms with van der Waals surface area (Å²) in [5.41, 5.74) is 3.20. The third-order valence-corrected chi connectivity index (χ3v) is 5.67. The van der Waals surface area contributed by atoms with E-state index in [1.807, 2.05) is 60.8 Å². The quantitative estimate of drug-likeness (QED) is 0.525. The molecule has 1 fully saturated rings. The van der Waals surface area contributed by atoms with Gasteiger partial charge in [0.2, 0.25) is 11.5 Å². The first kappa shape index (κ1) is 19.3. The summed E-state index contributed by atoms with van der Waals surface area (Å²) >= 11 is 0. The summed E-state index contributed by atoms with van der Waals surface area (Å²) in [5.74, 6) is -0.388. The van der Waals surface area contributed by atoms with Crippen molar-refractivity contribution < 1.29 is 9.53 Å². The van der Waals surface area contributed by atoms with Gasteiger partial charge < -0.3 is 15.0 Å². The van der Waals surface area contributed by atoms with E-state index >= 15 is 0 Å². The van der Waals surface area contributed by atoms with Gasteiger partial charge in [0.05, 0.1) is 23.9 Å². The Morgan fingerprint density at radius 1 is 1.16 bits per heavy atom. The fourth-order valence-corrected chi connectivity index (χ4v) is 4.13. The summed E-state index contributed by atoms with van der Waals surface area (Å²) in [7, 11) is 0. The van der Waals surface area contributed by atoms with E-state index in [0.29, 0.717) is 13.0 Å². The van der Waals surface area contributed by atoms with E-state index in [1.165, 1.54) is 6.07 Å². The zero-order chi connectivity index (χ0) is 21.2. The number of pyridine rings is 1. The maximum absolute atomic E-state index is 13.0. The summed E-state index contributed by atoms with van der Waals surface area (Å²) in [6.07, 6.45) is 3.97. The number of benzene rings is 2. The van der Waals surface area contributed by atoms with Crippen LogP contribution in [-0.2, 0) is 16.1 Å². The Hall–Kier alpha value is -3.71. The third-order valence-electron chi connectivity index (χ3n) is 5.67. The number of aromatic amines is 1. The average Bonchev–Trinajstić information content (AvgIpc) is 3.47. The predicted molar refractivity (Wildman–Crippen MR) is 117 cm³/mol. The minimum Gasteiger partial charge on any atom is -0.373 e. The number of ether oxygens (including phenoxy) is 1. The highest BCUT2D eigenvalue weighted by molar-refractivity contribution is 5.83. The van der Waals surface area contributed by atoms with Gasteiger partial charge in [-0.1, -0.05) is 36.4 Å². The fourth-order valence-electron chi connectivity index (χ4n) is 4.13. The van der Waals surface area contributed by atoms with Gasteiger partial charge >= 0.3 is 0 Å². The first-order valence-electron chi connectivity index (χ1n) is 10.3. The number of nitrogens with zero attached hydrogens (tertiary/aromatic N) is 2. The number of carbonyl (C=O) groups is 1. The molecule has 2 aromatic heterocycles. The van der Waals surface area contributed by atoms with Gasteiger partial charge in [-0.05, 0) is 30.2 Å². The lowest BCUT2D eigenvalue weighted by atomic mass is 9.96. The molecular formula is C24H22N4O3. The Labute approximate surface area is 178 Å². The number of aromatic nitrogens is 3. The van der Waals surface area contributed by atoms with Gasteiger partial charge in [-0.15, -0.1) is 0 Å². The second-order valence-corrected chi connectivity index (χ2v) is 7.66. The number of H-pyrrole nitrogens is 1. The Bertz CT molecular complexity index is 1280. The molecule has 3 heterocycles. The van der Waals surface area contributed by atoms with Crippen LogP contribution in [0.25, 0.3) is 16.6 Å². The predicted octanol–water partition coefficient (Wildman–Crippen LogP) is 3.11. The van der Waals surface area contributed by atoms with E-state index in [0.717, 1.165) is 27.7 Å². The topological polar surface area (TPSA) is 89.0 Å². The highest BCUT2D eigenvalue weighted by atomic mass is 16.5. The fraction of sp³-hybridized carbons (Fsp3) is 0.208. The van der Waals surface area contributed by atoms with E-state index in [-0.39, 0.29) is 30.0 Å². The first-order valence-corrected chi connectivity index (χ1v) is 10.3. The molecule has 7 nitrogen and oxygen atoms in total. The van der Waals surface area contributed by atoms with Crippen molar-refractivity contribution in [2.45, 2.75) is 19.1 Å². The normalized spacial score (nSPS) is 18.3. The highest BCUT2D eigenvalue weighted by Gasteiger charge is 2.36. The van der Waals surface area contributed by atoms with Crippen LogP contribution < -0.4 is 10.9 Å². The molecule has 0 radical (unpaired) electrons. The molecule has 0 bridgehead atoms. The molecule has 1 saturated heterocycles. The van der Waals surface area contributed by atoms with Gasteiger partial charge in [0.1, 0.15) is 0 Å². The monoisotopic (exact) mass is 414 g/mol. The van der Waals surface area contributed by atoms with Crippen molar-refractivity contribution in [3.05, 3.63) is 94.5 Å². The van der Waals surface area contributed by atoms with Crippen molar-refractivity contribution >= 4 is 16.8 Å². The van der Waals surface area contributed by atoms with Crippen molar-refractivity contribution in [1.29, 1.82) is 0 Å². The van der Waals surface area contributed by atoms with Crippen molar-refractivity contribution in [1.82, 2.24) is 20.1 Å². The smallest absolute Gasteiger partial charge is 0.248 e. The lowest BCUT2D eigenvalue weighted by molar-refractivity contribution is -0.126. The van der Waals surface area contributed by atoms with Gasteiger partial charge in [0, 0.05) is 41.9 Å². The first-order chi connectivity index (χ1) is 15.2. The van der Waals surface area contributed by atoms with Crippen LogP contribution in [0, 0.1) is 5.92 Å². The average molecular weight is 414 g/mol. The number of rotatable bonds is 5. The Kier molecular flexibility index (Phi) is 5.09. The molecule has 0 spiro atoms. The molecule has 31 heavy (non-hydrogen) atoms. The molecule has 0 unspecified atom stereocenters. The number of amides is 1. The Morgan fingerprint density at radius 2 is 1.97 bits per heavy atom. The van der Waals surface area contributed by atoms with Crippen LogP contribution in [0.3, 0.4) is 0 Å². The second-order valence-electron chi connectivity index (χ2n) is 7.66. The lowest BCUT2D eigenvalue weighted by Gasteiger charge is -2.17. The van der Waals surface area contributed by atoms with Gasteiger partial charge in [-0.3, -0.25) is 9.59 Å². The molecule has 7 heteroatoms. The van der Waals surface area contributed by atoms with Crippen molar-refractivity contribution in [2.24, 2.45) is 5.92 Å². The molecule has 0 saturated carbocycles. The number of hydrogen-bond acceptors (Lipinski definition) is 4. The lowest BCUT2D eigenvalue weighted by Crippen LogP contribution is -2.32. The van der Waals surface area contributed by atoms with Crippen LogP contribution in [0.1, 0.15) is 23.7 Å². The largest absolute Gasteiger partial charge is 0.373 e. The van der Waals surface area contributed by atoms with Crippen LogP contribution >= 0.6 is 0 Å². The molecule has 5 rings (SSSR count). The van der Waals surface area contributed by atoms with E-state index < -0.39 is 0 Å². The van der Waals surface area contributed by atoms with Gasteiger partial charge in [0.15, 0.2) is 0 Å². The Morgan fingerprint density at radius 3 is 2.84 bits per heavy atom. The van der Waals surface area contributed by atoms with Crippen LogP contribution in [0.15, 0.2) is 77.9 Å². The summed E-state index contributed by atoms with van der Waals surface area (Å²) in [4.78, 5) is 27.8. The molecule has 2 N–H and O–H groups in total. The van der Waals surface area contributed by atoms with Crippen LogP contribution in [0.2, 0.25) is 0 Å².